The van der Waals surface area contributed by atoms with Crippen LogP contribution < -0.4 is 0 Å². The van der Waals surface area contributed by atoms with Crippen LogP contribution in [0.5, 0.6) is 11.5 Å². The van der Waals surface area contributed by atoms with Crippen LogP contribution in [-0.4, -0.2) is 138 Å². The van der Waals surface area contributed by atoms with Crippen molar-refractivity contribution in [3.63, 3.8) is 0 Å². The van der Waals surface area contributed by atoms with Gasteiger partial charge in [0.1, 0.15) is 41.8 Å². The summed E-state index contributed by atoms with van der Waals surface area (Å²) >= 11 is 0. The third-order valence-electron chi connectivity index (χ3n) is 12.8. The van der Waals surface area contributed by atoms with Gasteiger partial charge < -0.3 is 58.1 Å². The lowest BCUT2D eigenvalue weighted by Crippen LogP contribution is -2.62. The van der Waals surface area contributed by atoms with Crippen molar-refractivity contribution in [1.29, 1.82) is 0 Å². The molecule has 4 heterocycles. The van der Waals surface area contributed by atoms with Gasteiger partial charge in [-0.15, -0.1) is 0 Å². The van der Waals surface area contributed by atoms with Gasteiger partial charge in [0.2, 0.25) is 5.78 Å². The Bertz CT molecular complexity index is 2000. The molecule has 0 aromatic heterocycles. The fraction of sp³-hybridized carbons (Fsp3) is 0.619. The lowest BCUT2D eigenvalue weighted by molar-refractivity contribution is -0.371. The molecule has 8 rings (SSSR count). The molecule has 4 aliphatic heterocycles. The molecular weight excluding hydrogens is 758 g/mol. The number of benzene rings is 2. The predicted molar refractivity (Wildman–Crippen MR) is 199 cm³/mol. The maximum atomic E-state index is 13.9. The van der Waals surface area contributed by atoms with Gasteiger partial charge >= 0.3 is 5.97 Å². The first-order valence-electron chi connectivity index (χ1n) is 19.9. The van der Waals surface area contributed by atoms with E-state index in [-0.39, 0.29) is 70.9 Å². The average Bonchev–Trinajstić information content (AvgIpc) is 3.17. The van der Waals surface area contributed by atoms with E-state index in [2.05, 4.69) is 0 Å². The fourth-order valence-corrected chi connectivity index (χ4v) is 9.71. The predicted octanol–water partition coefficient (Wildman–Crippen LogP) is 3.17. The Morgan fingerprint density at radius 1 is 0.897 bits per heavy atom. The Morgan fingerprint density at radius 3 is 2.33 bits per heavy atom. The molecule has 314 valence electrons. The molecular formula is C42H51NO15. The maximum absolute atomic E-state index is 13.9. The van der Waals surface area contributed by atoms with Crippen LogP contribution in [0.15, 0.2) is 24.3 Å². The molecule has 4 fully saturated rings. The number of hydrogen-bond donors (Lipinski definition) is 3. The molecule has 6 aliphatic rings. The van der Waals surface area contributed by atoms with Gasteiger partial charge in [0.05, 0.1) is 48.3 Å². The monoisotopic (exact) mass is 809 g/mol. The molecule has 14 atom stereocenters. The molecule has 0 radical (unpaired) electrons. The normalized spacial score (nSPS) is 38.3. The minimum Gasteiger partial charge on any atom is -0.507 e. The van der Waals surface area contributed by atoms with Gasteiger partial charge in [-0.05, 0) is 59.0 Å². The molecule has 0 unspecified atom stereocenters. The van der Waals surface area contributed by atoms with E-state index in [0.717, 1.165) is 0 Å². The molecule has 0 spiro atoms. The first kappa shape index (κ1) is 40.9. The number of hydrogen-bond acceptors (Lipinski definition) is 16. The molecule has 16 nitrogen and oxygen atoms in total. The van der Waals surface area contributed by atoms with E-state index in [1.54, 1.807) is 13.8 Å². The molecule has 0 bridgehead atoms. The molecule has 2 aromatic carbocycles. The molecule has 0 amide bonds. The number of nitrogens with zero attached hydrogens (tertiary/aromatic N) is 1. The third-order valence-corrected chi connectivity index (χ3v) is 12.8. The van der Waals surface area contributed by atoms with Gasteiger partial charge in [-0.2, -0.15) is 0 Å². The minimum atomic E-state index is -1.75. The van der Waals surface area contributed by atoms with Crippen LogP contribution in [0.3, 0.4) is 0 Å². The lowest BCUT2D eigenvalue weighted by Gasteiger charge is -2.51. The summed E-state index contributed by atoms with van der Waals surface area (Å²) in [6.45, 7) is 7.13. The van der Waals surface area contributed by atoms with Gasteiger partial charge in [0, 0.05) is 48.4 Å². The number of carbonyl (C=O) groups is 4. The van der Waals surface area contributed by atoms with E-state index in [9.17, 15) is 34.5 Å². The van der Waals surface area contributed by atoms with E-state index in [1.165, 1.54) is 31.4 Å². The Kier molecular flexibility index (Phi) is 10.8. The summed E-state index contributed by atoms with van der Waals surface area (Å²) in [4.78, 5) is 55.6. The van der Waals surface area contributed by atoms with Crippen LogP contribution in [0.25, 0.3) is 0 Å². The zero-order valence-electron chi connectivity index (χ0n) is 33.5. The van der Waals surface area contributed by atoms with Gasteiger partial charge in [-0.3, -0.25) is 19.2 Å². The van der Waals surface area contributed by atoms with Gasteiger partial charge in [-0.1, -0.05) is 19.1 Å². The number of aromatic hydroxyl groups is 2. The lowest BCUT2D eigenvalue weighted by atomic mass is 9.67. The summed E-state index contributed by atoms with van der Waals surface area (Å²) in [5.74, 6) is -4.59. The van der Waals surface area contributed by atoms with E-state index in [0.29, 0.717) is 6.42 Å². The molecule has 4 saturated heterocycles. The topological polar surface area (TPSA) is 206 Å². The number of aliphatic hydroxyl groups is 1. The van der Waals surface area contributed by atoms with Crippen molar-refractivity contribution in [2.24, 2.45) is 0 Å². The van der Waals surface area contributed by atoms with Crippen molar-refractivity contribution in [1.82, 2.24) is 4.90 Å². The average molecular weight is 810 g/mol. The minimum absolute atomic E-state index is 0.0407. The number of likely N-dealkylation sites (N-methyl/N-ethyl adjacent to an activating group) is 1. The summed E-state index contributed by atoms with van der Waals surface area (Å²) in [5, 5.41) is 34.8. The van der Waals surface area contributed by atoms with Crippen molar-refractivity contribution in [3.8, 4) is 11.5 Å². The summed E-state index contributed by atoms with van der Waals surface area (Å²) < 4.78 is 49.6. The maximum Gasteiger partial charge on any atom is 0.316 e. The number of esters is 1. The number of ketones is 3. The first-order chi connectivity index (χ1) is 27.5. The number of methoxy groups -OCH3 is 1. The highest BCUT2D eigenvalue weighted by atomic mass is 16.8. The Hall–Kier alpha value is -3.84. The van der Waals surface area contributed by atoms with E-state index in [1.807, 2.05) is 32.8 Å². The molecule has 16 heteroatoms. The molecule has 58 heavy (non-hydrogen) atoms. The van der Waals surface area contributed by atoms with Crippen LogP contribution >= 0.6 is 0 Å². The Morgan fingerprint density at radius 2 is 1.62 bits per heavy atom. The smallest absolute Gasteiger partial charge is 0.316 e. The van der Waals surface area contributed by atoms with Crippen molar-refractivity contribution in [2.45, 2.75) is 145 Å². The van der Waals surface area contributed by atoms with E-state index in [4.69, 9.17) is 37.9 Å². The number of fused-ring (bicyclic) bond motifs is 5. The second-order valence-electron chi connectivity index (χ2n) is 16.5. The standard InChI is InChI=1S/C42H51NO15/c1-8-42(50)16-28(32-21(34(42)40(49)51-7)12-22-33(37(32)48)36(47)31-20(35(22)46)10-9-11-24(31)44)56-29-13-23(43(5)6)38(18(3)52-29)57-30-15-26-39(19(4)53-30)58-41-27(55-26)14-25(45)17(2)54-41/h9-12,17-19,23,26-30,34,38-39,41,44,48,50H,8,13-16H2,1-7H3/t17-,18-,19-,23-,26-,27+,28-,29+,30+,34-,38-,39+,41-,42+/m1/s1. The van der Waals surface area contributed by atoms with Crippen LogP contribution in [0.2, 0.25) is 0 Å². The highest BCUT2D eigenvalue weighted by Gasteiger charge is 2.54. The van der Waals surface area contributed by atoms with Crippen LogP contribution in [0.4, 0.5) is 0 Å². The summed E-state index contributed by atoms with van der Waals surface area (Å²) in [5.41, 5.74) is -2.42. The Balaban J connectivity index is 1.06. The van der Waals surface area contributed by atoms with Gasteiger partial charge in [0.25, 0.3) is 0 Å². The molecule has 0 saturated carbocycles. The zero-order valence-corrected chi connectivity index (χ0v) is 33.5. The van der Waals surface area contributed by atoms with E-state index < -0.39 is 108 Å². The van der Waals surface area contributed by atoms with Gasteiger partial charge in [-0.25, -0.2) is 0 Å². The third kappa shape index (κ3) is 6.76. The molecule has 2 aliphatic carbocycles. The number of rotatable bonds is 7. The second-order valence-corrected chi connectivity index (χ2v) is 16.5. The van der Waals surface area contributed by atoms with Crippen LogP contribution in [0.1, 0.15) is 115 Å². The fourth-order valence-electron chi connectivity index (χ4n) is 9.71. The second kappa shape index (κ2) is 15.3. The summed E-state index contributed by atoms with van der Waals surface area (Å²) in [6, 6.07) is 5.18. The summed E-state index contributed by atoms with van der Waals surface area (Å²) in [7, 11) is 4.98. The highest BCUT2D eigenvalue weighted by molar-refractivity contribution is 6.30. The number of Topliss-reactive ketones (excluding diaryl/α,β-unsaturated/α-hetero) is 1. The van der Waals surface area contributed by atoms with Crippen molar-refractivity contribution >= 4 is 23.3 Å². The SMILES string of the molecule is CC[C@]1(O)C[C@@H](O[C@H]2C[C@@H](N(C)C)[C@H](O[C@H]3C[C@H]4O[C@H]5CC(=O)[C@@H](C)O[C@@H]5O[C@H]4[C@@H](C)O3)[C@@H](C)O2)c2c(cc3c(c2O)C(=O)c2c(O)cccc2C3=O)[C@@H]1C(=O)OC. The quantitative estimate of drug-likeness (QED) is 0.293. The van der Waals surface area contributed by atoms with Crippen molar-refractivity contribution < 1.29 is 72.4 Å². The van der Waals surface area contributed by atoms with Gasteiger partial charge in [0.15, 0.2) is 30.4 Å². The zero-order chi connectivity index (χ0) is 41.5. The summed E-state index contributed by atoms with van der Waals surface area (Å²) in [6.07, 6.45) is -6.13. The highest BCUT2D eigenvalue weighted by Crippen LogP contribution is 2.54. The van der Waals surface area contributed by atoms with Crippen LogP contribution in [-0.2, 0) is 47.5 Å². The first-order valence-corrected chi connectivity index (χ1v) is 19.9. The molecule has 3 N–H and O–H groups in total. The van der Waals surface area contributed by atoms with Crippen molar-refractivity contribution in [3.05, 3.63) is 57.6 Å². The van der Waals surface area contributed by atoms with Crippen molar-refractivity contribution in [2.75, 3.05) is 21.2 Å². The van der Waals surface area contributed by atoms with E-state index >= 15 is 0 Å². The number of ether oxygens (including phenoxy) is 8. The number of phenolic OH excluding ortho intramolecular Hbond substituents is 2. The largest absolute Gasteiger partial charge is 0.507 e. The number of phenols is 2. The Labute approximate surface area is 335 Å². The number of carbonyl (C=O) groups excluding carboxylic acids is 4. The van der Waals surface area contributed by atoms with Crippen LogP contribution in [0, 0.1) is 0 Å². The molecule has 2 aromatic rings.